The lowest BCUT2D eigenvalue weighted by atomic mass is 10.2. The summed E-state index contributed by atoms with van der Waals surface area (Å²) in [6, 6.07) is 13.3. The molecule has 0 saturated carbocycles. The third-order valence-electron chi connectivity index (χ3n) is 6.66. The average Bonchev–Trinajstić information content (AvgIpc) is 2.91. The second-order valence-electron chi connectivity index (χ2n) is 9.72. The molecule has 0 radical (unpaired) electrons. The maximum atomic E-state index is 13.5. The third kappa shape index (κ3) is 5.88. The molecule has 0 amide bonds. The van der Waals surface area contributed by atoms with Crippen molar-refractivity contribution < 1.29 is 17.3 Å². The molecule has 0 atom stereocenters. The van der Waals surface area contributed by atoms with Crippen LogP contribution in [0.5, 0.6) is 0 Å². The van der Waals surface area contributed by atoms with Crippen LogP contribution in [0, 0.1) is 0 Å². The SMILES string of the molecule is CCCN(CCC)c1ccc2cc(S(=O)(=O)c3cc4ccc(N(CCC)CCC)cc4oc3=O)c(=O)oc2c1. The Labute approximate surface area is 228 Å². The highest BCUT2D eigenvalue weighted by molar-refractivity contribution is 7.91. The zero-order chi connectivity index (χ0) is 28.2. The minimum Gasteiger partial charge on any atom is -0.422 e. The van der Waals surface area contributed by atoms with E-state index in [0.717, 1.165) is 63.2 Å². The van der Waals surface area contributed by atoms with Crippen LogP contribution >= 0.6 is 0 Å². The molecule has 0 aliphatic carbocycles. The molecule has 0 aliphatic rings. The number of rotatable bonds is 12. The Hall–Kier alpha value is -3.59. The second kappa shape index (κ2) is 12.1. The first-order valence-electron chi connectivity index (χ1n) is 13.6. The largest absolute Gasteiger partial charge is 0.422 e. The lowest BCUT2D eigenvalue weighted by Crippen LogP contribution is -2.25. The normalized spacial score (nSPS) is 11.8. The maximum Gasteiger partial charge on any atom is 0.355 e. The van der Waals surface area contributed by atoms with Gasteiger partial charge in [0.2, 0.25) is 9.84 Å². The third-order valence-corrected chi connectivity index (χ3v) is 8.39. The zero-order valence-electron chi connectivity index (χ0n) is 23.0. The molecule has 2 aromatic carbocycles. The molecule has 4 rings (SSSR count). The second-order valence-corrected chi connectivity index (χ2v) is 11.6. The maximum absolute atomic E-state index is 13.5. The number of benzene rings is 2. The first-order valence-corrected chi connectivity index (χ1v) is 15.1. The van der Waals surface area contributed by atoms with Crippen LogP contribution in [0.25, 0.3) is 21.9 Å². The number of sulfone groups is 1. The Bertz CT molecular complexity index is 1560. The van der Waals surface area contributed by atoms with E-state index in [9.17, 15) is 18.0 Å². The summed E-state index contributed by atoms with van der Waals surface area (Å²) in [4.78, 5) is 29.0. The van der Waals surface area contributed by atoms with Crippen LogP contribution < -0.4 is 21.1 Å². The molecule has 0 saturated heterocycles. The number of fused-ring (bicyclic) bond motifs is 2. The van der Waals surface area contributed by atoms with Gasteiger partial charge in [-0.2, -0.15) is 0 Å². The van der Waals surface area contributed by atoms with Crippen molar-refractivity contribution in [1.29, 1.82) is 0 Å². The van der Waals surface area contributed by atoms with Crippen molar-refractivity contribution in [1.82, 2.24) is 0 Å². The molecule has 0 N–H and O–H groups in total. The van der Waals surface area contributed by atoms with Crippen molar-refractivity contribution in [3.8, 4) is 0 Å². The predicted octanol–water partition coefficient (Wildman–Crippen LogP) is 5.99. The summed E-state index contributed by atoms with van der Waals surface area (Å²) in [6.45, 7) is 11.8. The van der Waals surface area contributed by atoms with E-state index in [1.807, 2.05) is 12.1 Å². The Morgan fingerprint density at radius 1 is 0.590 bits per heavy atom. The summed E-state index contributed by atoms with van der Waals surface area (Å²) in [5.41, 5.74) is 0.321. The summed E-state index contributed by atoms with van der Waals surface area (Å²) >= 11 is 0. The summed E-state index contributed by atoms with van der Waals surface area (Å²) in [5.74, 6) is 0. The van der Waals surface area contributed by atoms with Gasteiger partial charge in [-0.05, 0) is 62.1 Å². The molecule has 0 bridgehead atoms. The van der Waals surface area contributed by atoms with Gasteiger partial charge in [0.05, 0.1) is 0 Å². The predicted molar refractivity (Wildman–Crippen MR) is 156 cm³/mol. The lowest BCUT2D eigenvalue weighted by molar-refractivity contribution is 0.521. The monoisotopic (exact) mass is 552 g/mol. The number of hydrogen-bond acceptors (Lipinski definition) is 8. The fourth-order valence-electron chi connectivity index (χ4n) is 4.87. The Morgan fingerprint density at radius 3 is 1.28 bits per heavy atom. The molecule has 208 valence electrons. The molecule has 0 unspecified atom stereocenters. The fourth-order valence-corrected chi connectivity index (χ4v) is 6.19. The van der Waals surface area contributed by atoms with E-state index in [1.54, 1.807) is 24.3 Å². The van der Waals surface area contributed by atoms with Gasteiger partial charge in [-0.15, -0.1) is 0 Å². The van der Waals surface area contributed by atoms with Crippen molar-refractivity contribution in [3.63, 3.8) is 0 Å². The van der Waals surface area contributed by atoms with E-state index in [4.69, 9.17) is 8.83 Å². The molecule has 0 aliphatic heterocycles. The highest BCUT2D eigenvalue weighted by atomic mass is 32.2. The van der Waals surface area contributed by atoms with Gasteiger partial charge in [0.1, 0.15) is 11.2 Å². The number of nitrogens with zero attached hydrogens (tertiary/aromatic N) is 2. The molecule has 0 spiro atoms. The molecule has 2 aromatic heterocycles. The van der Waals surface area contributed by atoms with Gasteiger partial charge in [-0.25, -0.2) is 18.0 Å². The lowest BCUT2D eigenvalue weighted by Gasteiger charge is -2.24. The van der Waals surface area contributed by atoms with E-state index in [1.165, 1.54) is 12.1 Å². The topological polar surface area (TPSA) is 101 Å². The van der Waals surface area contributed by atoms with Gasteiger partial charge in [0, 0.05) is 60.5 Å². The van der Waals surface area contributed by atoms with Crippen molar-refractivity contribution in [2.24, 2.45) is 0 Å². The Balaban J connectivity index is 1.75. The molecule has 4 aromatic rings. The Kier molecular flexibility index (Phi) is 8.80. The van der Waals surface area contributed by atoms with Crippen LogP contribution in [0.15, 0.2) is 76.7 Å². The van der Waals surface area contributed by atoms with Crippen LogP contribution in [0.1, 0.15) is 53.4 Å². The van der Waals surface area contributed by atoms with Gasteiger partial charge >= 0.3 is 11.3 Å². The molecule has 8 nitrogen and oxygen atoms in total. The van der Waals surface area contributed by atoms with Gasteiger partial charge in [0.25, 0.3) is 0 Å². The molecule has 2 heterocycles. The average molecular weight is 553 g/mol. The van der Waals surface area contributed by atoms with Gasteiger partial charge in [-0.1, -0.05) is 27.7 Å². The summed E-state index contributed by atoms with van der Waals surface area (Å²) in [5, 5.41) is 0.901. The Morgan fingerprint density at radius 2 is 0.949 bits per heavy atom. The summed E-state index contributed by atoms with van der Waals surface area (Å²) < 4.78 is 38.0. The summed E-state index contributed by atoms with van der Waals surface area (Å²) in [7, 11) is -4.50. The van der Waals surface area contributed by atoms with E-state index >= 15 is 0 Å². The van der Waals surface area contributed by atoms with Crippen LogP contribution in [-0.2, 0) is 9.84 Å². The molecule has 0 fully saturated rings. The standard InChI is InChI=1S/C30H36N2O6S/c1-5-13-31(14-6-2)23-11-9-21-17-27(29(33)37-25(21)19-23)39(35,36)28-18-22-10-12-24(20-26(22)38-30(28)34)32(15-7-3)16-8-4/h9-12,17-20H,5-8,13-16H2,1-4H3. The van der Waals surface area contributed by atoms with E-state index in [2.05, 4.69) is 37.5 Å². The van der Waals surface area contributed by atoms with E-state index in [0.29, 0.717) is 10.8 Å². The van der Waals surface area contributed by atoms with Crippen molar-refractivity contribution >= 4 is 43.2 Å². The summed E-state index contributed by atoms with van der Waals surface area (Å²) in [6.07, 6.45) is 3.85. The van der Waals surface area contributed by atoms with E-state index < -0.39 is 30.9 Å². The van der Waals surface area contributed by atoms with Gasteiger partial charge in [0.15, 0.2) is 9.79 Å². The molecular weight excluding hydrogens is 516 g/mol. The minimum absolute atomic E-state index is 0.287. The van der Waals surface area contributed by atoms with Crippen LogP contribution in [-0.4, -0.2) is 34.6 Å². The molecule has 9 heteroatoms. The van der Waals surface area contributed by atoms with E-state index in [-0.39, 0.29) is 11.2 Å². The first kappa shape index (κ1) is 28.4. The quantitative estimate of drug-likeness (QED) is 0.198. The van der Waals surface area contributed by atoms with Crippen molar-refractivity contribution in [3.05, 3.63) is 69.4 Å². The highest BCUT2D eigenvalue weighted by Gasteiger charge is 2.28. The smallest absolute Gasteiger partial charge is 0.355 e. The van der Waals surface area contributed by atoms with Crippen LogP contribution in [0.4, 0.5) is 11.4 Å². The van der Waals surface area contributed by atoms with Crippen LogP contribution in [0.2, 0.25) is 0 Å². The highest BCUT2D eigenvalue weighted by Crippen LogP contribution is 2.28. The first-order chi connectivity index (χ1) is 18.7. The molecular formula is C30H36N2O6S. The molecule has 39 heavy (non-hydrogen) atoms. The van der Waals surface area contributed by atoms with Gasteiger partial charge in [-0.3, -0.25) is 0 Å². The van der Waals surface area contributed by atoms with Crippen molar-refractivity contribution in [2.45, 2.75) is 63.2 Å². The number of hydrogen-bond donors (Lipinski definition) is 0. The van der Waals surface area contributed by atoms with Crippen molar-refractivity contribution in [2.75, 3.05) is 36.0 Å². The minimum atomic E-state index is -4.50. The number of anilines is 2. The zero-order valence-corrected chi connectivity index (χ0v) is 23.8. The van der Waals surface area contributed by atoms with Gasteiger partial charge < -0.3 is 18.6 Å². The van der Waals surface area contributed by atoms with Crippen LogP contribution in [0.3, 0.4) is 0 Å². The fraction of sp³-hybridized carbons (Fsp3) is 0.400.